The number of carbonyl (C=O) groups excluding carboxylic acids is 1. The van der Waals surface area contributed by atoms with E-state index < -0.39 is 23.6 Å². The van der Waals surface area contributed by atoms with Crippen molar-refractivity contribution in [2.24, 2.45) is 17.3 Å². The summed E-state index contributed by atoms with van der Waals surface area (Å²) < 4.78 is 44.7. The summed E-state index contributed by atoms with van der Waals surface area (Å²) in [5.41, 5.74) is -1.27. The van der Waals surface area contributed by atoms with Crippen molar-refractivity contribution >= 4 is 11.9 Å². The maximum atomic E-state index is 13.0. The van der Waals surface area contributed by atoms with Gasteiger partial charge in [0.1, 0.15) is 11.8 Å². The molecule has 1 aromatic heterocycles. The summed E-state index contributed by atoms with van der Waals surface area (Å²) in [6.07, 6.45) is 1.59. The monoisotopic (exact) mass is 510 g/mol. The maximum absolute atomic E-state index is 13.0. The molecular weight excluding hydrogens is 473 g/mol. The van der Waals surface area contributed by atoms with Crippen molar-refractivity contribution in [1.82, 2.24) is 14.9 Å². The number of carbonyl (C=O) groups is 1. The normalized spacial score (nSPS) is 32.4. The number of hydrogen-bond acceptors (Lipinski definition) is 7. The lowest BCUT2D eigenvalue weighted by molar-refractivity contribution is -0.186. The van der Waals surface area contributed by atoms with E-state index in [4.69, 9.17) is 4.74 Å². The van der Waals surface area contributed by atoms with Gasteiger partial charge in [-0.3, -0.25) is 9.69 Å². The molecule has 0 amide bonds. The molecule has 2 fully saturated rings. The van der Waals surface area contributed by atoms with Gasteiger partial charge in [0.05, 0.1) is 5.60 Å². The van der Waals surface area contributed by atoms with E-state index in [0.29, 0.717) is 32.6 Å². The van der Waals surface area contributed by atoms with Crippen LogP contribution in [0.5, 0.6) is 0 Å². The first kappa shape index (κ1) is 26.9. The van der Waals surface area contributed by atoms with E-state index in [1.165, 1.54) is 6.92 Å². The van der Waals surface area contributed by atoms with Crippen LogP contribution in [0.25, 0.3) is 0 Å². The van der Waals surface area contributed by atoms with Crippen molar-refractivity contribution < 1.29 is 27.8 Å². The van der Waals surface area contributed by atoms with Crippen molar-refractivity contribution in [2.75, 3.05) is 37.6 Å². The second kappa shape index (κ2) is 9.93. The number of nitrogens with zero attached hydrogens (tertiary/aromatic N) is 4. The quantitative estimate of drug-likeness (QED) is 0.473. The molecule has 0 unspecified atom stereocenters. The van der Waals surface area contributed by atoms with Crippen molar-refractivity contribution in [3.8, 4) is 0 Å². The maximum Gasteiger partial charge on any atom is 0.433 e. The molecule has 7 nitrogen and oxygen atoms in total. The molecule has 1 aromatic rings. The number of piperazine rings is 1. The highest BCUT2D eigenvalue weighted by Crippen LogP contribution is 2.56. The molecule has 1 saturated carbocycles. The summed E-state index contributed by atoms with van der Waals surface area (Å²) in [6, 6.07) is 0.887. The highest BCUT2D eigenvalue weighted by molar-refractivity contribution is 5.66. The zero-order valence-corrected chi connectivity index (χ0v) is 21.5. The molecule has 0 bridgehead atoms. The van der Waals surface area contributed by atoms with Gasteiger partial charge in [0, 0.05) is 63.6 Å². The minimum Gasteiger partial charge on any atom is -0.458 e. The molecule has 0 aromatic carbocycles. The van der Waals surface area contributed by atoms with Crippen LogP contribution in [0.4, 0.5) is 19.1 Å². The number of aliphatic hydroxyl groups is 1. The number of anilines is 1. The molecule has 0 radical (unpaired) electrons. The van der Waals surface area contributed by atoms with Gasteiger partial charge in [0.25, 0.3) is 0 Å². The van der Waals surface area contributed by atoms with Crippen LogP contribution in [0.3, 0.4) is 0 Å². The summed E-state index contributed by atoms with van der Waals surface area (Å²) in [4.78, 5) is 23.5. The van der Waals surface area contributed by atoms with E-state index in [1.54, 1.807) is 4.90 Å². The van der Waals surface area contributed by atoms with Gasteiger partial charge < -0.3 is 14.7 Å². The number of ether oxygens (including phenoxy) is 1. The minimum atomic E-state index is -4.50. The lowest BCUT2D eigenvalue weighted by Gasteiger charge is -2.58. The van der Waals surface area contributed by atoms with Crippen molar-refractivity contribution in [3.05, 3.63) is 29.6 Å². The Kier molecular flexibility index (Phi) is 7.41. The Morgan fingerprint density at radius 1 is 1.31 bits per heavy atom. The van der Waals surface area contributed by atoms with Crippen LogP contribution in [-0.4, -0.2) is 70.4 Å². The smallest absolute Gasteiger partial charge is 0.433 e. The summed E-state index contributed by atoms with van der Waals surface area (Å²) in [5.74, 6) is -0.0513. The van der Waals surface area contributed by atoms with Crippen LogP contribution in [0, 0.1) is 17.3 Å². The van der Waals surface area contributed by atoms with Gasteiger partial charge in [-0.15, -0.1) is 0 Å². The minimum absolute atomic E-state index is 0.0282. The first-order valence-corrected chi connectivity index (χ1v) is 12.8. The fraction of sp³-hybridized carbons (Fsp3) is 0.731. The molecule has 2 aliphatic carbocycles. The zero-order chi connectivity index (χ0) is 26.3. The highest BCUT2D eigenvalue weighted by atomic mass is 19.4. The number of aromatic nitrogens is 2. The van der Waals surface area contributed by atoms with Gasteiger partial charge in [-0.1, -0.05) is 26.3 Å². The summed E-state index contributed by atoms with van der Waals surface area (Å²) >= 11 is 0. The van der Waals surface area contributed by atoms with E-state index in [0.717, 1.165) is 43.6 Å². The first-order valence-electron chi connectivity index (χ1n) is 12.8. The largest absolute Gasteiger partial charge is 0.458 e. The molecule has 10 heteroatoms. The third-order valence-electron chi connectivity index (χ3n) is 8.80. The molecule has 200 valence electrons. The Morgan fingerprint density at radius 2 is 2.00 bits per heavy atom. The lowest BCUT2D eigenvalue weighted by Crippen LogP contribution is -2.62. The van der Waals surface area contributed by atoms with Crippen LogP contribution in [-0.2, 0) is 15.7 Å². The van der Waals surface area contributed by atoms with Crippen LogP contribution in [0.15, 0.2) is 23.9 Å². The van der Waals surface area contributed by atoms with Crippen LogP contribution in [0.2, 0.25) is 0 Å². The summed E-state index contributed by atoms with van der Waals surface area (Å²) in [7, 11) is 0. The SMILES string of the molecule is CC(=O)O[C@@H]1C[C@@]2(O)[C@H](C=C1C)CCC[C@]2(C)[C@H](C)CN1CCN(c2nccc(C(F)(F)F)n2)CC1. The van der Waals surface area contributed by atoms with E-state index in [2.05, 4.69) is 34.8 Å². The molecule has 5 atom stereocenters. The van der Waals surface area contributed by atoms with E-state index in [1.807, 2.05) is 6.92 Å². The van der Waals surface area contributed by atoms with Crippen molar-refractivity contribution in [3.63, 3.8) is 0 Å². The second-order valence-corrected chi connectivity index (χ2v) is 11.0. The lowest BCUT2D eigenvalue weighted by atomic mass is 9.51. The zero-order valence-electron chi connectivity index (χ0n) is 21.5. The highest BCUT2D eigenvalue weighted by Gasteiger charge is 2.58. The first-order chi connectivity index (χ1) is 16.8. The summed E-state index contributed by atoms with van der Waals surface area (Å²) in [5, 5.41) is 12.1. The number of rotatable bonds is 5. The number of hydrogen-bond donors (Lipinski definition) is 1. The molecule has 36 heavy (non-hydrogen) atoms. The predicted octanol–water partition coefficient (Wildman–Crippen LogP) is 4.07. The molecule has 0 spiro atoms. The molecule has 3 aliphatic rings. The van der Waals surface area contributed by atoms with Crippen molar-refractivity contribution in [1.29, 1.82) is 0 Å². The standard InChI is InChI=1S/C26H37F3N4O3/c1-17-14-20-6-5-8-24(4,25(20,35)15-21(17)36-19(3)34)18(2)16-32-10-12-33(13-11-32)23-30-9-7-22(31-23)26(27,28)29/h7,9,14,18,20-21,35H,5-6,8,10-13,15-16H2,1-4H3/t18-,20+,21-,24-,25-/m1/s1. The van der Waals surface area contributed by atoms with Gasteiger partial charge in [0.2, 0.25) is 5.95 Å². The third-order valence-corrected chi connectivity index (χ3v) is 8.80. The fourth-order valence-corrected chi connectivity index (χ4v) is 6.43. The second-order valence-electron chi connectivity index (χ2n) is 11.0. The van der Waals surface area contributed by atoms with Crippen LogP contribution < -0.4 is 4.90 Å². The van der Waals surface area contributed by atoms with Gasteiger partial charge in [-0.2, -0.15) is 13.2 Å². The molecule has 1 aliphatic heterocycles. The number of alkyl halides is 3. The number of fused-ring (bicyclic) bond motifs is 1. The number of esters is 1. The Hall–Kier alpha value is -2.20. The Labute approximate surface area is 210 Å². The van der Waals surface area contributed by atoms with Gasteiger partial charge in [-0.25, -0.2) is 9.97 Å². The predicted molar refractivity (Wildman–Crippen MR) is 129 cm³/mol. The summed E-state index contributed by atoms with van der Waals surface area (Å²) in [6.45, 7) is 10.9. The Balaban J connectivity index is 1.42. The van der Waals surface area contributed by atoms with Gasteiger partial charge in [-0.05, 0) is 37.3 Å². The molecule has 1 N–H and O–H groups in total. The Bertz CT molecular complexity index is 995. The average Bonchev–Trinajstić information content (AvgIpc) is 2.81. The molecule has 1 saturated heterocycles. The van der Waals surface area contributed by atoms with E-state index >= 15 is 0 Å². The fourth-order valence-electron chi connectivity index (χ4n) is 6.43. The Morgan fingerprint density at radius 3 is 2.64 bits per heavy atom. The van der Waals surface area contributed by atoms with Gasteiger partial charge >= 0.3 is 12.1 Å². The van der Waals surface area contributed by atoms with Gasteiger partial charge in [0.15, 0.2) is 0 Å². The van der Waals surface area contributed by atoms with E-state index in [-0.39, 0.29) is 29.2 Å². The van der Waals surface area contributed by atoms with E-state index in [9.17, 15) is 23.1 Å². The van der Waals surface area contributed by atoms with Crippen molar-refractivity contribution in [2.45, 2.75) is 71.3 Å². The average molecular weight is 511 g/mol. The van der Waals surface area contributed by atoms with Crippen LogP contribution in [0.1, 0.15) is 59.1 Å². The molecule has 2 heterocycles. The van der Waals surface area contributed by atoms with Crippen LogP contribution >= 0.6 is 0 Å². The molecular formula is C26H37F3N4O3. The molecule has 4 rings (SSSR count). The topological polar surface area (TPSA) is 78.8 Å². The number of halogens is 3. The third kappa shape index (κ3) is 5.11.